The fraction of sp³-hybridized carbons (Fsp3) is 0.714. The van der Waals surface area contributed by atoms with Crippen molar-refractivity contribution in [3.63, 3.8) is 0 Å². The minimum atomic E-state index is -0.441. The van der Waals surface area contributed by atoms with Crippen molar-refractivity contribution < 1.29 is 9.53 Å². The molecule has 0 saturated heterocycles. The third-order valence-electron chi connectivity index (χ3n) is 5.61. The topological polar surface area (TPSA) is 50.1 Å². The SMILES string of the molecule is CCCCC1C(=C2CCCC2=C(C#N)C(=O)OCC)CCCC1C. The summed E-state index contributed by atoms with van der Waals surface area (Å²) in [6.07, 6.45) is 10.3. The zero-order valence-corrected chi connectivity index (χ0v) is 15.5. The van der Waals surface area contributed by atoms with Crippen molar-refractivity contribution in [2.75, 3.05) is 6.61 Å². The van der Waals surface area contributed by atoms with Crippen molar-refractivity contribution in [3.05, 3.63) is 22.3 Å². The molecule has 2 rings (SSSR count). The summed E-state index contributed by atoms with van der Waals surface area (Å²) in [4.78, 5) is 12.2. The van der Waals surface area contributed by atoms with Crippen LogP contribution in [0.4, 0.5) is 0 Å². The quantitative estimate of drug-likeness (QED) is 0.381. The molecule has 0 bridgehead atoms. The van der Waals surface area contributed by atoms with Gasteiger partial charge in [-0.25, -0.2) is 4.79 Å². The molecule has 2 fully saturated rings. The minimum Gasteiger partial charge on any atom is -0.462 e. The Hall–Kier alpha value is -1.56. The average Bonchev–Trinajstić information content (AvgIpc) is 3.03. The van der Waals surface area contributed by atoms with Gasteiger partial charge in [0.2, 0.25) is 0 Å². The average molecular weight is 329 g/mol. The molecule has 2 atom stereocenters. The van der Waals surface area contributed by atoms with Gasteiger partial charge < -0.3 is 4.74 Å². The van der Waals surface area contributed by atoms with Gasteiger partial charge in [-0.2, -0.15) is 5.26 Å². The van der Waals surface area contributed by atoms with E-state index in [2.05, 4.69) is 19.9 Å². The third kappa shape index (κ3) is 4.09. The second-order valence-corrected chi connectivity index (χ2v) is 7.16. The van der Waals surface area contributed by atoms with Crippen molar-refractivity contribution in [2.45, 2.75) is 78.6 Å². The molecule has 0 aromatic carbocycles. The van der Waals surface area contributed by atoms with Crippen molar-refractivity contribution >= 4 is 5.97 Å². The number of esters is 1. The Balaban J connectivity index is 2.43. The molecule has 2 unspecified atom stereocenters. The van der Waals surface area contributed by atoms with E-state index in [0.717, 1.165) is 31.3 Å². The fourth-order valence-corrected chi connectivity index (χ4v) is 4.42. The molecule has 0 radical (unpaired) electrons. The monoisotopic (exact) mass is 329 g/mol. The molecule has 0 N–H and O–H groups in total. The van der Waals surface area contributed by atoms with Gasteiger partial charge >= 0.3 is 5.97 Å². The van der Waals surface area contributed by atoms with Gasteiger partial charge in [-0.05, 0) is 74.9 Å². The molecule has 24 heavy (non-hydrogen) atoms. The van der Waals surface area contributed by atoms with E-state index in [9.17, 15) is 10.1 Å². The minimum absolute atomic E-state index is 0.254. The Morgan fingerprint density at radius 3 is 2.71 bits per heavy atom. The second-order valence-electron chi connectivity index (χ2n) is 7.16. The molecular weight excluding hydrogens is 298 g/mol. The third-order valence-corrected chi connectivity index (χ3v) is 5.61. The number of carbonyl (C=O) groups excluding carboxylic acids is 1. The summed E-state index contributed by atoms with van der Waals surface area (Å²) >= 11 is 0. The summed E-state index contributed by atoms with van der Waals surface area (Å²) < 4.78 is 5.11. The Morgan fingerprint density at radius 2 is 2.04 bits per heavy atom. The van der Waals surface area contributed by atoms with Gasteiger partial charge in [-0.1, -0.05) is 32.3 Å². The van der Waals surface area contributed by atoms with Crippen LogP contribution in [0.2, 0.25) is 0 Å². The molecule has 0 aromatic rings. The van der Waals surface area contributed by atoms with Gasteiger partial charge in [0.1, 0.15) is 11.6 Å². The molecule has 2 saturated carbocycles. The maximum Gasteiger partial charge on any atom is 0.349 e. The molecule has 3 nitrogen and oxygen atoms in total. The number of nitrogens with zero attached hydrogens (tertiary/aromatic N) is 1. The Labute approximate surface area is 146 Å². The summed E-state index contributed by atoms with van der Waals surface area (Å²) in [5, 5.41) is 9.53. The number of carbonyl (C=O) groups is 1. The van der Waals surface area contributed by atoms with E-state index < -0.39 is 5.97 Å². The predicted molar refractivity (Wildman–Crippen MR) is 96.2 cm³/mol. The van der Waals surface area contributed by atoms with Crippen LogP contribution >= 0.6 is 0 Å². The summed E-state index contributed by atoms with van der Waals surface area (Å²) in [6, 6.07) is 2.14. The summed E-state index contributed by atoms with van der Waals surface area (Å²) in [7, 11) is 0. The lowest BCUT2D eigenvalue weighted by atomic mass is 9.72. The van der Waals surface area contributed by atoms with Crippen LogP contribution in [0.15, 0.2) is 22.3 Å². The maximum atomic E-state index is 12.2. The van der Waals surface area contributed by atoms with E-state index in [4.69, 9.17) is 4.74 Å². The lowest BCUT2D eigenvalue weighted by molar-refractivity contribution is -0.138. The normalized spacial score (nSPS) is 29.2. The van der Waals surface area contributed by atoms with Gasteiger partial charge in [0.15, 0.2) is 0 Å². The standard InChI is InChI=1S/C21H31NO2/c1-4-6-10-16-15(3)9-7-11-17(16)18-12-8-13-19(18)20(14-22)21(23)24-5-2/h15-16H,4-13H2,1-3H3. The molecule has 0 aliphatic heterocycles. The Bertz CT molecular complexity index is 565. The van der Waals surface area contributed by atoms with Gasteiger partial charge in [0.25, 0.3) is 0 Å². The molecular formula is C21H31NO2. The number of allylic oxidation sites excluding steroid dienone is 3. The number of unbranched alkanes of at least 4 members (excludes halogenated alkanes) is 1. The first kappa shape index (κ1) is 18.8. The molecule has 0 heterocycles. The van der Waals surface area contributed by atoms with Gasteiger partial charge in [-0.3, -0.25) is 0 Å². The van der Waals surface area contributed by atoms with Crippen LogP contribution in [0.1, 0.15) is 78.6 Å². The van der Waals surface area contributed by atoms with Crippen molar-refractivity contribution in [3.8, 4) is 6.07 Å². The zero-order valence-electron chi connectivity index (χ0n) is 15.5. The number of rotatable bonds is 5. The van der Waals surface area contributed by atoms with Crippen LogP contribution in [0.5, 0.6) is 0 Å². The highest BCUT2D eigenvalue weighted by atomic mass is 16.5. The predicted octanol–water partition coefficient (Wildman–Crippen LogP) is 5.48. The maximum absolute atomic E-state index is 12.2. The van der Waals surface area contributed by atoms with E-state index in [0.29, 0.717) is 18.4 Å². The lowest BCUT2D eigenvalue weighted by Crippen LogP contribution is -2.21. The summed E-state index contributed by atoms with van der Waals surface area (Å²) in [6.45, 7) is 6.72. The first-order valence-electron chi connectivity index (χ1n) is 9.66. The van der Waals surface area contributed by atoms with E-state index in [1.54, 1.807) is 12.5 Å². The highest BCUT2D eigenvalue weighted by Crippen LogP contribution is 2.45. The smallest absolute Gasteiger partial charge is 0.349 e. The number of hydrogen-bond acceptors (Lipinski definition) is 3. The van der Waals surface area contributed by atoms with Crippen molar-refractivity contribution in [1.82, 2.24) is 0 Å². The summed E-state index contributed by atoms with van der Waals surface area (Å²) in [5.41, 5.74) is 4.12. The van der Waals surface area contributed by atoms with E-state index in [1.165, 1.54) is 37.7 Å². The molecule has 3 heteroatoms. The van der Waals surface area contributed by atoms with Crippen LogP contribution < -0.4 is 0 Å². The van der Waals surface area contributed by atoms with Crippen LogP contribution in [0.3, 0.4) is 0 Å². The van der Waals surface area contributed by atoms with Crippen molar-refractivity contribution in [1.29, 1.82) is 5.26 Å². The van der Waals surface area contributed by atoms with Crippen LogP contribution in [-0.4, -0.2) is 12.6 Å². The molecule has 0 amide bonds. The largest absolute Gasteiger partial charge is 0.462 e. The highest BCUT2D eigenvalue weighted by molar-refractivity contribution is 5.94. The van der Waals surface area contributed by atoms with Crippen LogP contribution in [0.25, 0.3) is 0 Å². The zero-order chi connectivity index (χ0) is 17.5. The molecule has 0 aromatic heterocycles. The van der Waals surface area contributed by atoms with E-state index in [1.807, 2.05) is 0 Å². The molecule has 2 aliphatic rings. The Kier molecular flexibility index (Phi) is 7.09. The first-order chi connectivity index (χ1) is 11.6. The lowest BCUT2D eigenvalue weighted by Gasteiger charge is -2.33. The molecule has 0 spiro atoms. The molecule has 132 valence electrons. The van der Waals surface area contributed by atoms with Gasteiger partial charge in [0, 0.05) is 0 Å². The van der Waals surface area contributed by atoms with Gasteiger partial charge in [0.05, 0.1) is 6.61 Å². The van der Waals surface area contributed by atoms with E-state index in [-0.39, 0.29) is 5.57 Å². The number of nitriles is 1. The molecule has 2 aliphatic carbocycles. The first-order valence-corrected chi connectivity index (χ1v) is 9.66. The van der Waals surface area contributed by atoms with Crippen molar-refractivity contribution in [2.24, 2.45) is 11.8 Å². The number of hydrogen-bond donors (Lipinski definition) is 0. The van der Waals surface area contributed by atoms with E-state index >= 15 is 0 Å². The van der Waals surface area contributed by atoms with Crippen LogP contribution in [-0.2, 0) is 9.53 Å². The Morgan fingerprint density at radius 1 is 1.25 bits per heavy atom. The van der Waals surface area contributed by atoms with Crippen LogP contribution in [0, 0.1) is 23.2 Å². The summed E-state index contributed by atoms with van der Waals surface area (Å²) in [5.74, 6) is 0.899. The second kappa shape index (κ2) is 9.06. The highest BCUT2D eigenvalue weighted by Gasteiger charge is 2.32. The number of ether oxygens (including phenoxy) is 1. The van der Waals surface area contributed by atoms with Gasteiger partial charge in [-0.15, -0.1) is 0 Å². The fourth-order valence-electron chi connectivity index (χ4n) is 4.42.